The van der Waals surface area contributed by atoms with E-state index in [0.29, 0.717) is 11.8 Å². The highest BCUT2D eigenvalue weighted by molar-refractivity contribution is 9.09. The smallest absolute Gasteiger partial charge is 0.217 e. The molecule has 0 spiro atoms. The first kappa shape index (κ1) is 10.7. The molecule has 0 unspecified atom stereocenters. The van der Waals surface area contributed by atoms with Gasteiger partial charge in [0.15, 0.2) is 0 Å². The Balaban J connectivity index is 2.49. The van der Waals surface area contributed by atoms with Gasteiger partial charge in [0.1, 0.15) is 5.78 Å². The van der Waals surface area contributed by atoms with Gasteiger partial charge in [-0.3, -0.25) is 9.59 Å². The van der Waals surface area contributed by atoms with Crippen LogP contribution in [0.15, 0.2) is 0 Å². The van der Waals surface area contributed by atoms with E-state index in [1.54, 1.807) is 0 Å². The highest BCUT2D eigenvalue weighted by Gasteiger charge is 2.38. The van der Waals surface area contributed by atoms with Crippen LogP contribution in [0.2, 0.25) is 0 Å². The Labute approximate surface area is 86.4 Å². The molecule has 1 saturated carbocycles. The molecule has 1 aliphatic rings. The first-order valence-corrected chi connectivity index (χ1v) is 5.56. The van der Waals surface area contributed by atoms with Gasteiger partial charge in [-0.25, -0.2) is 0 Å². The van der Waals surface area contributed by atoms with Crippen molar-refractivity contribution in [2.24, 2.45) is 0 Å². The number of nitrogens with one attached hydrogen (secondary N) is 1. The number of carbonyl (C=O) groups excluding carboxylic acids is 2. The monoisotopic (exact) mass is 247 g/mol. The Bertz CT molecular complexity index is 224. The molecule has 0 aliphatic heterocycles. The van der Waals surface area contributed by atoms with Crippen molar-refractivity contribution in [2.45, 2.75) is 38.1 Å². The maximum Gasteiger partial charge on any atom is 0.217 e. The van der Waals surface area contributed by atoms with E-state index in [0.717, 1.165) is 19.3 Å². The van der Waals surface area contributed by atoms with E-state index in [9.17, 15) is 9.59 Å². The van der Waals surface area contributed by atoms with E-state index in [1.807, 2.05) is 0 Å². The molecule has 0 aromatic heterocycles. The molecule has 1 amide bonds. The minimum absolute atomic E-state index is 0.0397. The van der Waals surface area contributed by atoms with Crippen LogP contribution in [-0.4, -0.2) is 22.6 Å². The third-order valence-electron chi connectivity index (χ3n) is 2.44. The van der Waals surface area contributed by atoms with Gasteiger partial charge in [-0.05, 0) is 19.3 Å². The number of halogens is 1. The Kier molecular flexibility index (Phi) is 3.47. The Morgan fingerprint density at radius 3 is 2.38 bits per heavy atom. The first-order valence-electron chi connectivity index (χ1n) is 4.44. The van der Waals surface area contributed by atoms with Crippen molar-refractivity contribution in [3.63, 3.8) is 0 Å². The third-order valence-corrected chi connectivity index (χ3v) is 3.06. The van der Waals surface area contributed by atoms with Gasteiger partial charge in [-0.15, -0.1) is 0 Å². The second kappa shape index (κ2) is 4.22. The molecule has 13 heavy (non-hydrogen) atoms. The van der Waals surface area contributed by atoms with Gasteiger partial charge in [0, 0.05) is 18.9 Å². The summed E-state index contributed by atoms with van der Waals surface area (Å²) in [6, 6.07) is 0. The molecule has 0 radical (unpaired) electrons. The average molecular weight is 248 g/mol. The van der Waals surface area contributed by atoms with E-state index < -0.39 is 0 Å². The molecule has 1 fully saturated rings. The molecule has 0 heterocycles. The van der Waals surface area contributed by atoms with Crippen LogP contribution >= 0.6 is 15.9 Å². The van der Waals surface area contributed by atoms with Crippen LogP contribution in [0.5, 0.6) is 0 Å². The molecule has 1 aliphatic carbocycles. The fourth-order valence-electron chi connectivity index (χ4n) is 1.75. The van der Waals surface area contributed by atoms with Crippen LogP contribution < -0.4 is 5.32 Å². The molecule has 0 aromatic carbocycles. The van der Waals surface area contributed by atoms with Crippen LogP contribution in [0.4, 0.5) is 0 Å². The maximum atomic E-state index is 11.2. The highest BCUT2D eigenvalue weighted by Crippen LogP contribution is 2.35. The number of ketones is 1. The largest absolute Gasteiger partial charge is 0.350 e. The van der Waals surface area contributed by atoms with Crippen molar-refractivity contribution in [1.29, 1.82) is 0 Å². The van der Waals surface area contributed by atoms with Gasteiger partial charge in [0.2, 0.25) is 5.91 Å². The lowest BCUT2D eigenvalue weighted by Gasteiger charge is -2.41. The number of amides is 1. The SMILES string of the molecule is CC(=O)NC1(CC(=O)CBr)CCC1. The second-order valence-electron chi connectivity index (χ2n) is 3.66. The lowest BCUT2D eigenvalue weighted by Crippen LogP contribution is -2.54. The summed E-state index contributed by atoms with van der Waals surface area (Å²) in [4.78, 5) is 22.1. The molecule has 3 nitrogen and oxygen atoms in total. The van der Waals surface area contributed by atoms with E-state index in [4.69, 9.17) is 0 Å². The topological polar surface area (TPSA) is 46.2 Å². The molecule has 0 bridgehead atoms. The summed E-state index contributed by atoms with van der Waals surface area (Å²) >= 11 is 3.12. The zero-order chi connectivity index (χ0) is 9.90. The number of Topliss-reactive ketones (excluding diaryl/α,β-unsaturated/α-hetero) is 1. The average Bonchev–Trinajstić information content (AvgIpc) is 1.99. The summed E-state index contributed by atoms with van der Waals surface area (Å²) in [6.07, 6.45) is 3.45. The van der Waals surface area contributed by atoms with Crippen molar-refractivity contribution in [1.82, 2.24) is 5.32 Å². The quantitative estimate of drug-likeness (QED) is 0.764. The lowest BCUT2D eigenvalue weighted by molar-refractivity contribution is -0.124. The molecular formula is C9H14BrNO2. The minimum atomic E-state index is -0.212. The zero-order valence-electron chi connectivity index (χ0n) is 7.73. The summed E-state index contributed by atoms with van der Waals surface area (Å²) in [5.41, 5.74) is -0.212. The molecule has 74 valence electrons. The van der Waals surface area contributed by atoms with Crippen LogP contribution in [0.25, 0.3) is 0 Å². The number of hydrogen-bond donors (Lipinski definition) is 1. The van der Waals surface area contributed by atoms with Crippen molar-refractivity contribution in [3.05, 3.63) is 0 Å². The summed E-state index contributed by atoms with van der Waals surface area (Å²) in [7, 11) is 0. The fraction of sp³-hybridized carbons (Fsp3) is 0.778. The van der Waals surface area contributed by atoms with Crippen molar-refractivity contribution in [2.75, 3.05) is 5.33 Å². The van der Waals surface area contributed by atoms with E-state index >= 15 is 0 Å². The first-order chi connectivity index (χ1) is 6.08. The molecule has 0 atom stereocenters. The molecule has 1 N–H and O–H groups in total. The Hall–Kier alpha value is -0.380. The molecule has 0 aromatic rings. The normalized spacial score (nSPS) is 18.9. The molecular weight excluding hydrogens is 234 g/mol. The fourth-order valence-corrected chi connectivity index (χ4v) is 1.95. The van der Waals surface area contributed by atoms with E-state index in [-0.39, 0.29) is 17.2 Å². The van der Waals surface area contributed by atoms with E-state index in [2.05, 4.69) is 21.2 Å². The zero-order valence-corrected chi connectivity index (χ0v) is 9.32. The van der Waals surface area contributed by atoms with Crippen LogP contribution in [0.3, 0.4) is 0 Å². The molecule has 4 heteroatoms. The number of hydrogen-bond acceptors (Lipinski definition) is 2. The van der Waals surface area contributed by atoms with Crippen LogP contribution in [0, 0.1) is 0 Å². The Morgan fingerprint density at radius 2 is 2.08 bits per heavy atom. The number of rotatable bonds is 4. The van der Waals surface area contributed by atoms with Gasteiger partial charge in [0.05, 0.1) is 5.33 Å². The van der Waals surface area contributed by atoms with E-state index in [1.165, 1.54) is 6.92 Å². The van der Waals surface area contributed by atoms with Crippen molar-refractivity contribution < 1.29 is 9.59 Å². The summed E-state index contributed by atoms with van der Waals surface area (Å²) in [6.45, 7) is 1.50. The summed E-state index contributed by atoms with van der Waals surface area (Å²) in [5.74, 6) is 0.121. The van der Waals surface area contributed by atoms with Crippen molar-refractivity contribution in [3.8, 4) is 0 Å². The third kappa shape index (κ3) is 2.79. The van der Waals surface area contributed by atoms with Gasteiger partial charge in [0.25, 0.3) is 0 Å². The number of alkyl halides is 1. The van der Waals surface area contributed by atoms with Crippen LogP contribution in [-0.2, 0) is 9.59 Å². The Morgan fingerprint density at radius 1 is 1.46 bits per heavy atom. The lowest BCUT2D eigenvalue weighted by atomic mass is 9.73. The van der Waals surface area contributed by atoms with Gasteiger partial charge in [-0.2, -0.15) is 0 Å². The predicted octanol–water partition coefficient (Wildman–Crippen LogP) is 1.40. The summed E-state index contributed by atoms with van der Waals surface area (Å²) < 4.78 is 0. The summed E-state index contributed by atoms with van der Waals surface area (Å²) in [5, 5.41) is 3.26. The molecule has 1 rings (SSSR count). The van der Waals surface area contributed by atoms with Gasteiger partial charge >= 0.3 is 0 Å². The van der Waals surface area contributed by atoms with Gasteiger partial charge in [-0.1, -0.05) is 15.9 Å². The second-order valence-corrected chi connectivity index (χ2v) is 4.22. The van der Waals surface area contributed by atoms with Crippen LogP contribution in [0.1, 0.15) is 32.6 Å². The highest BCUT2D eigenvalue weighted by atomic mass is 79.9. The predicted molar refractivity (Wildman–Crippen MR) is 53.8 cm³/mol. The standard InChI is InChI=1S/C9H14BrNO2/c1-7(12)11-9(3-2-4-9)5-8(13)6-10/h2-6H2,1H3,(H,11,12). The number of carbonyl (C=O) groups is 2. The van der Waals surface area contributed by atoms with Crippen molar-refractivity contribution >= 4 is 27.6 Å². The molecule has 0 saturated heterocycles. The minimum Gasteiger partial charge on any atom is -0.350 e. The van der Waals surface area contributed by atoms with Gasteiger partial charge < -0.3 is 5.32 Å². The maximum absolute atomic E-state index is 11.2.